The van der Waals surface area contributed by atoms with Crippen molar-refractivity contribution in [3.05, 3.63) is 59.5 Å². The van der Waals surface area contributed by atoms with Gasteiger partial charge in [0.2, 0.25) is 0 Å². The lowest BCUT2D eigenvalue weighted by Crippen LogP contribution is -2.63. The Labute approximate surface area is 203 Å². The molecule has 178 valence electrons. The Balaban J connectivity index is 1.40. The molecule has 0 saturated heterocycles. The smallest absolute Gasteiger partial charge is 0.339 e. The fraction of sp³-hybridized carbons (Fsp3) is 0.385. The van der Waals surface area contributed by atoms with Gasteiger partial charge >= 0.3 is 10.1 Å². The van der Waals surface area contributed by atoms with E-state index in [1.807, 2.05) is 0 Å². The van der Waals surface area contributed by atoms with Crippen molar-refractivity contribution in [1.82, 2.24) is 5.32 Å². The zero-order valence-electron chi connectivity index (χ0n) is 19.1. The van der Waals surface area contributed by atoms with E-state index in [0.29, 0.717) is 29.2 Å². The second kappa shape index (κ2) is 8.50. The predicted octanol–water partition coefficient (Wildman–Crippen LogP) is 5.04. The number of benzene rings is 2. The maximum Gasteiger partial charge on any atom is 0.339 e. The van der Waals surface area contributed by atoms with E-state index in [4.69, 9.17) is 4.18 Å². The number of fused-ring (bicyclic) bond motifs is 3. The summed E-state index contributed by atoms with van der Waals surface area (Å²) in [5.74, 6) is 1.06. The monoisotopic (exact) mass is 497 g/mol. The van der Waals surface area contributed by atoms with Gasteiger partial charge in [-0.3, -0.25) is 4.79 Å². The molecule has 6 rings (SSSR count). The number of hydrogen-bond acceptors (Lipinski definition) is 6. The molecular weight excluding hydrogens is 470 g/mol. The Morgan fingerprint density at radius 1 is 1.18 bits per heavy atom. The summed E-state index contributed by atoms with van der Waals surface area (Å²) in [4.78, 5) is 24.7. The quantitative estimate of drug-likeness (QED) is 0.365. The van der Waals surface area contributed by atoms with Gasteiger partial charge in [-0.2, -0.15) is 8.42 Å². The van der Waals surface area contributed by atoms with Crippen LogP contribution in [0.5, 0.6) is 5.75 Å². The summed E-state index contributed by atoms with van der Waals surface area (Å²) in [5, 5.41) is 5.68. The third-order valence-electron chi connectivity index (χ3n) is 7.80. The van der Waals surface area contributed by atoms with Crippen LogP contribution in [-0.2, 0) is 14.9 Å². The van der Waals surface area contributed by atoms with Crippen molar-refractivity contribution in [2.45, 2.75) is 44.0 Å². The summed E-state index contributed by atoms with van der Waals surface area (Å²) in [6.45, 7) is 4.50. The topological polar surface area (TPSA) is 89.5 Å². The largest absolute Gasteiger partial charge is 0.379 e. The fourth-order valence-electron chi connectivity index (χ4n) is 5.72. The maximum absolute atomic E-state index is 13.4. The van der Waals surface area contributed by atoms with Crippen LogP contribution in [0.4, 0.5) is 0 Å². The van der Waals surface area contributed by atoms with Crippen LogP contribution < -0.4 is 9.50 Å². The first-order chi connectivity index (χ1) is 16.2. The van der Waals surface area contributed by atoms with E-state index in [1.54, 1.807) is 41.8 Å². The highest BCUT2D eigenvalue weighted by Crippen LogP contribution is 2.61. The van der Waals surface area contributed by atoms with Gasteiger partial charge in [0.05, 0.1) is 5.56 Å². The van der Waals surface area contributed by atoms with Crippen LogP contribution in [0.25, 0.3) is 10.1 Å². The van der Waals surface area contributed by atoms with Crippen LogP contribution in [0.3, 0.4) is 0 Å². The molecule has 1 N–H and O–H groups in total. The van der Waals surface area contributed by atoms with Crippen LogP contribution in [0.1, 0.15) is 43.5 Å². The molecule has 4 atom stereocenters. The molecular formula is C26H27NO5S2. The van der Waals surface area contributed by atoms with Crippen molar-refractivity contribution in [1.29, 1.82) is 0 Å². The first-order valence-electron chi connectivity index (χ1n) is 11.5. The van der Waals surface area contributed by atoms with Gasteiger partial charge in [0.15, 0.2) is 0 Å². The van der Waals surface area contributed by atoms with Gasteiger partial charge in [-0.25, -0.2) is 0 Å². The Hall–Kier alpha value is -2.71. The maximum atomic E-state index is 13.4. The van der Waals surface area contributed by atoms with Crippen LogP contribution in [0.2, 0.25) is 0 Å². The molecule has 3 aliphatic carbocycles. The van der Waals surface area contributed by atoms with Crippen LogP contribution in [0, 0.1) is 23.2 Å². The van der Waals surface area contributed by atoms with Crippen molar-refractivity contribution in [2.24, 2.45) is 23.2 Å². The standard InChI is InChI=1S/C26H27NO5S2/c1-26(2)17-12-16(10-11-28)24(22(26)13-17)27-25(29)21-15-33-23-9-8-18(14-20(21)23)32-34(30,31)19-6-4-3-5-7-19/h3-9,11,14-17,22,24H,10,12-13H2,1-2H3,(H,27,29)/t16-,17+,22+,24?/m0/s1. The third-order valence-corrected chi connectivity index (χ3v) is 10.0. The van der Waals surface area contributed by atoms with Gasteiger partial charge in [-0.1, -0.05) is 32.0 Å². The number of thiophene rings is 1. The predicted molar refractivity (Wildman–Crippen MR) is 132 cm³/mol. The molecule has 1 heterocycles. The Kier molecular flexibility index (Phi) is 5.76. The van der Waals surface area contributed by atoms with E-state index >= 15 is 0 Å². The summed E-state index contributed by atoms with van der Waals surface area (Å²) >= 11 is 1.43. The molecule has 2 aromatic carbocycles. The van der Waals surface area contributed by atoms with Crippen LogP contribution in [0.15, 0.2) is 58.8 Å². The zero-order valence-corrected chi connectivity index (χ0v) is 20.7. The number of aldehydes is 1. The highest BCUT2D eigenvalue weighted by molar-refractivity contribution is 7.87. The number of carbonyl (C=O) groups excluding carboxylic acids is 2. The van der Waals surface area contributed by atoms with E-state index < -0.39 is 10.1 Å². The number of nitrogens with one attached hydrogen (secondary N) is 1. The highest BCUT2D eigenvalue weighted by atomic mass is 32.2. The van der Waals surface area contributed by atoms with Crippen LogP contribution >= 0.6 is 11.3 Å². The second-order valence-corrected chi connectivity index (χ2v) is 12.4. The average Bonchev–Trinajstić information content (AvgIpc) is 3.23. The minimum Gasteiger partial charge on any atom is -0.379 e. The number of amides is 1. The molecule has 6 nitrogen and oxygen atoms in total. The molecule has 3 saturated carbocycles. The van der Waals surface area contributed by atoms with Crippen molar-refractivity contribution in [3.8, 4) is 5.75 Å². The average molecular weight is 498 g/mol. The Bertz CT molecular complexity index is 1350. The second-order valence-electron chi connectivity index (χ2n) is 9.92. The van der Waals surface area contributed by atoms with Gasteiger partial charge in [-0.15, -0.1) is 11.3 Å². The number of carbonyl (C=O) groups is 2. The molecule has 3 aromatic rings. The van der Waals surface area contributed by atoms with E-state index in [-0.39, 0.29) is 33.9 Å². The molecule has 8 heteroatoms. The normalized spacial score (nSPS) is 25.4. The summed E-state index contributed by atoms with van der Waals surface area (Å²) < 4.78 is 31.5. The first-order valence-corrected chi connectivity index (χ1v) is 13.7. The van der Waals surface area contributed by atoms with E-state index in [9.17, 15) is 18.0 Å². The van der Waals surface area contributed by atoms with Gasteiger partial charge in [0.1, 0.15) is 16.9 Å². The van der Waals surface area contributed by atoms with Crippen LogP contribution in [-0.4, -0.2) is 26.7 Å². The third kappa shape index (κ3) is 3.92. The minimum atomic E-state index is -3.98. The number of rotatable bonds is 7. The van der Waals surface area contributed by atoms with Gasteiger partial charge in [0, 0.05) is 27.9 Å². The summed E-state index contributed by atoms with van der Waals surface area (Å²) in [5.41, 5.74) is 0.646. The first kappa shape index (κ1) is 23.1. The minimum absolute atomic E-state index is 0.0504. The molecule has 34 heavy (non-hydrogen) atoms. The van der Waals surface area contributed by atoms with Crippen molar-refractivity contribution in [3.63, 3.8) is 0 Å². The molecule has 1 unspecified atom stereocenters. The molecule has 3 aliphatic rings. The van der Waals surface area contributed by atoms with Gasteiger partial charge in [-0.05, 0) is 66.3 Å². The lowest BCUT2D eigenvalue weighted by Gasteiger charge is -2.62. The highest BCUT2D eigenvalue weighted by Gasteiger charge is 2.57. The van der Waals surface area contributed by atoms with Gasteiger partial charge in [0.25, 0.3) is 5.91 Å². The van der Waals surface area contributed by atoms with E-state index in [0.717, 1.165) is 23.8 Å². The summed E-state index contributed by atoms with van der Waals surface area (Å²) in [7, 11) is -3.98. The fourth-order valence-corrected chi connectivity index (χ4v) is 7.58. The van der Waals surface area contributed by atoms with Crippen molar-refractivity contribution >= 4 is 43.7 Å². The molecule has 0 spiro atoms. The SMILES string of the molecule is CC1(C)[C@@H]2C[C@H](CC=O)C(NC(=O)c3csc4ccc(OS(=O)(=O)c5ccccc5)cc34)[C@H]1C2. The molecule has 0 aliphatic heterocycles. The summed E-state index contributed by atoms with van der Waals surface area (Å²) in [6, 6.07) is 12.9. The molecule has 0 radical (unpaired) electrons. The molecule has 3 fully saturated rings. The Morgan fingerprint density at radius 3 is 2.65 bits per heavy atom. The lowest BCUT2D eigenvalue weighted by molar-refractivity contribution is -0.123. The van der Waals surface area contributed by atoms with Crippen molar-refractivity contribution < 1.29 is 22.2 Å². The van der Waals surface area contributed by atoms with E-state index in [1.165, 1.54) is 23.5 Å². The summed E-state index contributed by atoms with van der Waals surface area (Å²) in [6.07, 6.45) is 3.44. The Morgan fingerprint density at radius 2 is 1.94 bits per heavy atom. The van der Waals surface area contributed by atoms with E-state index in [2.05, 4.69) is 19.2 Å². The van der Waals surface area contributed by atoms with Crippen molar-refractivity contribution in [2.75, 3.05) is 0 Å². The molecule has 1 aromatic heterocycles. The molecule has 1 amide bonds. The number of hydrogen-bond donors (Lipinski definition) is 1. The van der Waals surface area contributed by atoms with Gasteiger partial charge < -0.3 is 14.3 Å². The molecule has 2 bridgehead atoms. The zero-order chi connectivity index (χ0) is 24.1. The lowest BCUT2D eigenvalue weighted by atomic mass is 9.44.